The molecule has 1 aliphatic carbocycles. The second kappa shape index (κ2) is 3.38. The fourth-order valence-electron chi connectivity index (χ4n) is 1.26. The number of hydrogen-bond donors (Lipinski definition) is 0. The molecule has 13 heavy (non-hydrogen) atoms. The van der Waals surface area contributed by atoms with Crippen molar-refractivity contribution in [3.8, 4) is 5.75 Å². The molecule has 0 aromatic heterocycles. The molecular weight excluding hydrogens is 188 g/mol. The zero-order chi connectivity index (χ0) is 9.26. The topological polar surface area (TPSA) is 26.3 Å². The van der Waals surface area contributed by atoms with Crippen molar-refractivity contribution < 1.29 is 9.53 Å². The smallest absolute Gasteiger partial charge is 0.140 e. The monoisotopic (exact) mass is 196 g/mol. The van der Waals surface area contributed by atoms with Gasteiger partial charge < -0.3 is 4.74 Å². The van der Waals surface area contributed by atoms with Gasteiger partial charge in [0.05, 0.1) is 0 Å². The van der Waals surface area contributed by atoms with Crippen LogP contribution in [0.15, 0.2) is 24.3 Å². The van der Waals surface area contributed by atoms with Crippen LogP contribution in [0.1, 0.15) is 12.8 Å². The number of carbonyl (C=O) groups is 1. The molecule has 1 aromatic rings. The van der Waals surface area contributed by atoms with E-state index in [0.717, 1.165) is 5.75 Å². The van der Waals surface area contributed by atoms with Crippen LogP contribution in [0.2, 0.25) is 5.02 Å². The molecule has 1 saturated carbocycles. The van der Waals surface area contributed by atoms with E-state index in [9.17, 15) is 4.79 Å². The maximum atomic E-state index is 10.7. The fraction of sp³-hybridized carbons (Fsp3) is 0.300. The summed E-state index contributed by atoms with van der Waals surface area (Å²) in [4.78, 5) is 10.7. The van der Waals surface area contributed by atoms with Gasteiger partial charge in [-0.15, -0.1) is 0 Å². The molecule has 68 valence electrons. The molecule has 0 saturated heterocycles. The lowest BCUT2D eigenvalue weighted by Crippen LogP contribution is -2.33. The molecule has 0 radical (unpaired) electrons. The average Bonchev–Trinajstić information content (AvgIpc) is 2.01. The highest BCUT2D eigenvalue weighted by Gasteiger charge is 2.28. The second-order valence-corrected chi connectivity index (χ2v) is 3.58. The number of ether oxygens (including phenoxy) is 1. The van der Waals surface area contributed by atoms with Crippen LogP contribution in [-0.4, -0.2) is 11.9 Å². The van der Waals surface area contributed by atoms with Crippen molar-refractivity contribution in [2.24, 2.45) is 0 Å². The predicted octanol–water partition coefficient (Wildman–Crippen LogP) is 2.45. The van der Waals surface area contributed by atoms with Gasteiger partial charge in [0.15, 0.2) is 0 Å². The van der Waals surface area contributed by atoms with E-state index >= 15 is 0 Å². The molecular formula is C10H9ClO2. The van der Waals surface area contributed by atoms with Crippen LogP contribution in [0.3, 0.4) is 0 Å². The van der Waals surface area contributed by atoms with Crippen LogP contribution >= 0.6 is 11.6 Å². The van der Waals surface area contributed by atoms with Gasteiger partial charge in [0.1, 0.15) is 17.6 Å². The first-order valence-corrected chi connectivity index (χ1v) is 4.56. The van der Waals surface area contributed by atoms with Crippen molar-refractivity contribution in [1.29, 1.82) is 0 Å². The standard InChI is InChI=1S/C10H9ClO2/c11-7-2-1-3-9(4-7)13-10-5-8(12)6-10/h1-4,10H,5-6H2. The normalized spacial score (nSPS) is 16.8. The lowest BCUT2D eigenvalue weighted by atomic mass is 9.94. The Bertz CT molecular complexity index is 327. The van der Waals surface area contributed by atoms with Gasteiger partial charge >= 0.3 is 0 Å². The van der Waals surface area contributed by atoms with Crippen LogP contribution in [-0.2, 0) is 4.79 Å². The van der Waals surface area contributed by atoms with Gasteiger partial charge in [-0.3, -0.25) is 4.79 Å². The summed E-state index contributed by atoms with van der Waals surface area (Å²) in [7, 11) is 0. The number of halogens is 1. The van der Waals surface area contributed by atoms with E-state index in [1.54, 1.807) is 12.1 Å². The molecule has 0 N–H and O–H groups in total. The minimum atomic E-state index is 0.0611. The molecule has 0 spiro atoms. The summed E-state index contributed by atoms with van der Waals surface area (Å²) in [6.07, 6.45) is 1.13. The highest BCUT2D eigenvalue weighted by Crippen LogP contribution is 2.24. The molecule has 0 atom stereocenters. The summed E-state index contributed by atoms with van der Waals surface area (Å²) in [5, 5.41) is 0.656. The zero-order valence-corrected chi connectivity index (χ0v) is 7.75. The van der Waals surface area contributed by atoms with Gasteiger partial charge in [-0.05, 0) is 18.2 Å². The number of rotatable bonds is 2. The van der Waals surface area contributed by atoms with Gasteiger partial charge in [-0.1, -0.05) is 17.7 Å². The van der Waals surface area contributed by atoms with Crippen molar-refractivity contribution in [2.75, 3.05) is 0 Å². The van der Waals surface area contributed by atoms with Gasteiger partial charge in [0.25, 0.3) is 0 Å². The van der Waals surface area contributed by atoms with Crippen LogP contribution in [0.4, 0.5) is 0 Å². The van der Waals surface area contributed by atoms with E-state index in [2.05, 4.69) is 0 Å². The molecule has 1 aliphatic rings. The predicted molar refractivity (Wildman–Crippen MR) is 50.1 cm³/mol. The summed E-state index contributed by atoms with van der Waals surface area (Å²) in [5.41, 5.74) is 0. The van der Waals surface area contributed by atoms with Crippen molar-refractivity contribution in [2.45, 2.75) is 18.9 Å². The third kappa shape index (κ3) is 2.01. The molecule has 2 rings (SSSR count). The molecule has 1 fully saturated rings. The van der Waals surface area contributed by atoms with Crippen LogP contribution < -0.4 is 4.74 Å². The summed E-state index contributed by atoms with van der Waals surface area (Å²) < 4.78 is 5.50. The van der Waals surface area contributed by atoms with Crippen LogP contribution in [0.5, 0.6) is 5.75 Å². The SMILES string of the molecule is O=C1CC(Oc2cccc(Cl)c2)C1. The first-order valence-electron chi connectivity index (χ1n) is 4.18. The summed E-state index contributed by atoms with van der Waals surface area (Å²) in [6.45, 7) is 0. The van der Waals surface area contributed by atoms with Crippen molar-refractivity contribution in [3.05, 3.63) is 29.3 Å². The molecule has 0 aliphatic heterocycles. The molecule has 0 heterocycles. The Morgan fingerprint density at radius 2 is 2.15 bits per heavy atom. The Morgan fingerprint density at radius 3 is 2.77 bits per heavy atom. The number of ketones is 1. The average molecular weight is 197 g/mol. The maximum absolute atomic E-state index is 10.7. The van der Waals surface area contributed by atoms with Gasteiger partial charge in [0, 0.05) is 17.9 Å². The first kappa shape index (κ1) is 8.57. The first-order chi connectivity index (χ1) is 6.24. The highest BCUT2D eigenvalue weighted by molar-refractivity contribution is 6.30. The van der Waals surface area contributed by atoms with Crippen molar-refractivity contribution >= 4 is 17.4 Å². The molecule has 0 bridgehead atoms. The Morgan fingerprint density at radius 1 is 1.38 bits per heavy atom. The van der Waals surface area contributed by atoms with E-state index in [1.807, 2.05) is 12.1 Å². The molecule has 1 aromatic carbocycles. The van der Waals surface area contributed by atoms with Crippen LogP contribution in [0.25, 0.3) is 0 Å². The highest BCUT2D eigenvalue weighted by atomic mass is 35.5. The minimum Gasteiger partial charge on any atom is -0.489 e. The van der Waals surface area contributed by atoms with Crippen molar-refractivity contribution in [1.82, 2.24) is 0 Å². The largest absolute Gasteiger partial charge is 0.489 e. The third-order valence-corrected chi connectivity index (χ3v) is 2.24. The zero-order valence-electron chi connectivity index (χ0n) is 7.00. The summed E-state index contributed by atoms with van der Waals surface area (Å²) >= 11 is 5.77. The van der Waals surface area contributed by atoms with Crippen molar-refractivity contribution in [3.63, 3.8) is 0 Å². The third-order valence-electron chi connectivity index (χ3n) is 2.01. The Hall–Kier alpha value is -1.02. The Balaban J connectivity index is 1.98. The molecule has 0 amide bonds. The number of carbonyl (C=O) groups excluding carboxylic acids is 1. The number of Topliss-reactive ketones (excluding diaryl/α,β-unsaturated/α-hetero) is 1. The van der Waals surface area contributed by atoms with E-state index in [1.165, 1.54) is 0 Å². The molecule has 2 nitrogen and oxygen atoms in total. The summed E-state index contributed by atoms with van der Waals surface area (Å²) in [5.74, 6) is 1.01. The fourth-order valence-corrected chi connectivity index (χ4v) is 1.44. The van der Waals surface area contributed by atoms with E-state index in [4.69, 9.17) is 16.3 Å². The molecule has 3 heteroatoms. The Labute approximate surface area is 81.5 Å². The maximum Gasteiger partial charge on any atom is 0.140 e. The van der Waals surface area contributed by atoms with Crippen LogP contribution in [0, 0.1) is 0 Å². The minimum absolute atomic E-state index is 0.0611. The number of benzene rings is 1. The second-order valence-electron chi connectivity index (χ2n) is 3.14. The molecule has 0 unspecified atom stereocenters. The number of hydrogen-bond acceptors (Lipinski definition) is 2. The Kier molecular flexibility index (Phi) is 2.23. The summed E-state index contributed by atoms with van der Waals surface area (Å²) in [6, 6.07) is 7.22. The van der Waals surface area contributed by atoms with Gasteiger partial charge in [0.2, 0.25) is 0 Å². The quantitative estimate of drug-likeness (QED) is 0.727. The van der Waals surface area contributed by atoms with E-state index < -0.39 is 0 Å². The lowest BCUT2D eigenvalue weighted by molar-refractivity contribution is -0.129. The van der Waals surface area contributed by atoms with Gasteiger partial charge in [-0.25, -0.2) is 0 Å². The lowest BCUT2D eigenvalue weighted by Gasteiger charge is -2.25. The van der Waals surface area contributed by atoms with E-state index in [-0.39, 0.29) is 11.9 Å². The van der Waals surface area contributed by atoms with Gasteiger partial charge in [-0.2, -0.15) is 0 Å². The van der Waals surface area contributed by atoms with E-state index in [0.29, 0.717) is 17.9 Å².